The van der Waals surface area contributed by atoms with Crippen LogP contribution in [0.15, 0.2) is 23.6 Å². The van der Waals surface area contributed by atoms with Gasteiger partial charge in [-0.15, -0.1) is 11.3 Å². The number of hydrogen-bond acceptors (Lipinski definition) is 5. The predicted octanol–water partition coefficient (Wildman–Crippen LogP) is 2.86. The molecule has 0 saturated carbocycles. The first kappa shape index (κ1) is 20.2. The molecule has 0 aliphatic heterocycles. The molecule has 26 heavy (non-hydrogen) atoms. The van der Waals surface area contributed by atoms with Gasteiger partial charge in [-0.3, -0.25) is 19.7 Å². The van der Waals surface area contributed by atoms with Crippen LogP contribution in [0.5, 0.6) is 0 Å². The lowest BCUT2D eigenvalue weighted by atomic mass is 10.2. The normalized spacial score (nSPS) is 10.3. The topological polar surface area (TPSA) is 82.6 Å². The Bertz CT molecular complexity index is 854. The first-order valence-electron chi connectivity index (χ1n) is 7.36. The number of benzene rings is 1. The van der Waals surface area contributed by atoms with Gasteiger partial charge in [0, 0.05) is 32.1 Å². The summed E-state index contributed by atoms with van der Waals surface area (Å²) < 4.78 is 0. The second-order valence-corrected chi connectivity index (χ2v) is 7.24. The van der Waals surface area contributed by atoms with E-state index in [1.165, 1.54) is 40.4 Å². The number of aromatic nitrogens is 1. The van der Waals surface area contributed by atoms with Gasteiger partial charge in [0.2, 0.25) is 5.91 Å². The van der Waals surface area contributed by atoms with Crippen LogP contribution in [0.25, 0.3) is 0 Å². The van der Waals surface area contributed by atoms with Crippen LogP contribution < -0.4 is 5.32 Å². The second kappa shape index (κ2) is 8.48. The molecule has 138 valence electrons. The van der Waals surface area contributed by atoms with Gasteiger partial charge in [-0.1, -0.05) is 23.2 Å². The number of amides is 3. The molecule has 0 aliphatic rings. The van der Waals surface area contributed by atoms with E-state index < -0.39 is 11.8 Å². The molecule has 3 amide bonds. The quantitative estimate of drug-likeness (QED) is 0.814. The van der Waals surface area contributed by atoms with Crippen molar-refractivity contribution >= 4 is 57.4 Å². The number of thiazole rings is 1. The summed E-state index contributed by atoms with van der Waals surface area (Å²) in [7, 11) is 4.73. The lowest BCUT2D eigenvalue weighted by Crippen LogP contribution is -2.37. The molecule has 10 heteroatoms. The van der Waals surface area contributed by atoms with Gasteiger partial charge in [0.25, 0.3) is 11.8 Å². The lowest BCUT2D eigenvalue weighted by molar-refractivity contribution is -0.129. The summed E-state index contributed by atoms with van der Waals surface area (Å²) in [5, 5.41) is 4.99. The van der Waals surface area contributed by atoms with E-state index in [0.717, 1.165) is 11.3 Å². The number of carbonyl (C=O) groups is 3. The van der Waals surface area contributed by atoms with E-state index in [2.05, 4.69) is 10.3 Å². The highest BCUT2D eigenvalue weighted by atomic mass is 35.5. The van der Waals surface area contributed by atoms with Gasteiger partial charge in [-0.25, -0.2) is 4.98 Å². The molecule has 0 aliphatic carbocycles. The third-order valence-electron chi connectivity index (χ3n) is 3.34. The minimum Gasteiger partial charge on any atom is -0.347 e. The maximum atomic E-state index is 12.3. The number of nitrogens with one attached hydrogen (secondary N) is 1. The number of rotatable bonds is 5. The number of anilines is 1. The summed E-state index contributed by atoms with van der Waals surface area (Å²) in [4.78, 5) is 43.0. The standard InChI is InChI=1S/C16H16Cl2N4O3S/c1-21(2)13(23)7-22(3)15(25)12-8-26-16(19-12)20-14(24)9-4-5-10(17)11(18)6-9/h4-6,8H,7H2,1-3H3,(H,19,20,24). The first-order valence-corrected chi connectivity index (χ1v) is 9.00. The zero-order valence-corrected chi connectivity index (χ0v) is 16.6. The van der Waals surface area contributed by atoms with Gasteiger partial charge in [0.05, 0.1) is 16.6 Å². The van der Waals surface area contributed by atoms with Crippen LogP contribution in [0.2, 0.25) is 10.0 Å². The van der Waals surface area contributed by atoms with Crippen molar-refractivity contribution in [2.24, 2.45) is 0 Å². The fourth-order valence-corrected chi connectivity index (χ4v) is 2.83. The number of nitrogens with zero attached hydrogens (tertiary/aromatic N) is 3. The summed E-state index contributed by atoms with van der Waals surface area (Å²) in [5.41, 5.74) is 0.463. The largest absolute Gasteiger partial charge is 0.347 e. The van der Waals surface area contributed by atoms with Crippen molar-refractivity contribution < 1.29 is 14.4 Å². The van der Waals surface area contributed by atoms with E-state index >= 15 is 0 Å². The van der Waals surface area contributed by atoms with Crippen LogP contribution in [0.4, 0.5) is 5.13 Å². The Morgan fingerprint density at radius 3 is 2.46 bits per heavy atom. The van der Waals surface area contributed by atoms with Gasteiger partial charge in [0.15, 0.2) is 5.13 Å². The second-order valence-electron chi connectivity index (χ2n) is 5.57. The van der Waals surface area contributed by atoms with E-state index in [1.807, 2.05) is 0 Å². The Morgan fingerprint density at radius 1 is 1.15 bits per heavy atom. The predicted molar refractivity (Wildman–Crippen MR) is 102 cm³/mol. The molecular weight excluding hydrogens is 399 g/mol. The van der Waals surface area contributed by atoms with E-state index in [4.69, 9.17) is 23.2 Å². The third-order valence-corrected chi connectivity index (χ3v) is 4.84. The summed E-state index contributed by atoms with van der Waals surface area (Å²) in [6, 6.07) is 4.50. The average molecular weight is 415 g/mol. The van der Waals surface area contributed by atoms with Crippen LogP contribution >= 0.6 is 34.5 Å². The number of likely N-dealkylation sites (N-methyl/N-ethyl adjacent to an activating group) is 2. The fourth-order valence-electron chi connectivity index (χ4n) is 1.85. The first-order chi connectivity index (χ1) is 12.2. The van der Waals surface area contributed by atoms with Crippen LogP contribution in [-0.2, 0) is 4.79 Å². The maximum absolute atomic E-state index is 12.3. The molecule has 0 fully saturated rings. The average Bonchev–Trinajstić information content (AvgIpc) is 3.04. The smallest absolute Gasteiger partial charge is 0.273 e. The van der Waals surface area contributed by atoms with Crippen molar-refractivity contribution in [3.8, 4) is 0 Å². The van der Waals surface area contributed by atoms with E-state index in [1.54, 1.807) is 14.1 Å². The lowest BCUT2D eigenvalue weighted by Gasteiger charge is -2.18. The Labute approximate surface area is 164 Å². The van der Waals surface area contributed by atoms with E-state index in [-0.39, 0.29) is 28.3 Å². The highest BCUT2D eigenvalue weighted by Crippen LogP contribution is 2.24. The summed E-state index contributed by atoms with van der Waals surface area (Å²) in [6.45, 7) is -0.0612. The van der Waals surface area contributed by atoms with E-state index in [0.29, 0.717) is 10.6 Å². The van der Waals surface area contributed by atoms with Crippen molar-refractivity contribution in [3.05, 3.63) is 44.9 Å². The Morgan fingerprint density at radius 2 is 1.85 bits per heavy atom. The molecule has 0 spiro atoms. The van der Waals surface area contributed by atoms with Crippen LogP contribution in [0.1, 0.15) is 20.8 Å². The molecule has 2 rings (SSSR count). The number of carbonyl (C=O) groups excluding carboxylic acids is 3. The SMILES string of the molecule is CN(C)C(=O)CN(C)C(=O)c1csc(NC(=O)c2ccc(Cl)c(Cl)c2)n1. The van der Waals surface area contributed by atoms with E-state index in [9.17, 15) is 14.4 Å². The monoisotopic (exact) mass is 414 g/mol. The molecular formula is C16H16Cl2N4O3S. The van der Waals surface area contributed by atoms with Crippen LogP contribution in [0, 0.1) is 0 Å². The molecule has 1 heterocycles. The Kier molecular flexibility index (Phi) is 6.57. The molecule has 0 saturated heterocycles. The van der Waals surface area contributed by atoms with Crippen molar-refractivity contribution in [2.45, 2.75) is 0 Å². The van der Waals surface area contributed by atoms with Crippen LogP contribution in [-0.4, -0.2) is 60.2 Å². The molecule has 0 unspecified atom stereocenters. The number of hydrogen-bond donors (Lipinski definition) is 1. The van der Waals surface area contributed by atoms with Crippen LogP contribution in [0.3, 0.4) is 0 Å². The minimum atomic E-state index is -0.423. The highest BCUT2D eigenvalue weighted by Gasteiger charge is 2.19. The Hall–Kier alpha value is -2.16. The van der Waals surface area contributed by atoms with Gasteiger partial charge in [-0.2, -0.15) is 0 Å². The maximum Gasteiger partial charge on any atom is 0.273 e. The molecule has 0 atom stereocenters. The zero-order valence-electron chi connectivity index (χ0n) is 14.2. The zero-order chi connectivity index (χ0) is 19.4. The molecule has 0 radical (unpaired) electrons. The van der Waals surface area contributed by atoms with Crippen molar-refractivity contribution in [1.29, 1.82) is 0 Å². The van der Waals surface area contributed by atoms with Crippen molar-refractivity contribution in [3.63, 3.8) is 0 Å². The summed E-state index contributed by atoms with van der Waals surface area (Å²) in [5.74, 6) is -1.04. The summed E-state index contributed by atoms with van der Waals surface area (Å²) >= 11 is 12.8. The molecule has 0 bridgehead atoms. The van der Waals surface area contributed by atoms with Crippen molar-refractivity contribution in [2.75, 3.05) is 33.0 Å². The van der Waals surface area contributed by atoms with Gasteiger partial charge < -0.3 is 9.80 Å². The summed E-state index contributed by atoms with van der Waals surface area (Å²) in [6.07, 6.45) is 0. The molecule has 1 N–H and O–H groups in total. The highest BCUT2D eigenvalue weighted by molar-refractivity contribution is 7.14. The fraction of sp³-hybridized carbons (Fsp3) is 0.250. The number of halogens is 2. The van der Waals surface area contributed by atoms with Crippen molar-refractivity contribution in [1.82, 2.24) is 14.8 Å². The van der Waals surface area contributed by atoms with Gasteiger partial charge in [0.1, 0.15) is 5.69 Å². The Balaban J connectivity index is 2.04. The van der Waals surface area contributed by atoms with Gasteiger partial charge >= 0.3 is 0 Å². The third kappa shape index (κ3) is 4.94. The minimum absolute atomic E-state index is 0.0612. The molecule has 1 aromatic heterocycles. The van der Waals surface area contributed by atoms with Gasteiger partial charge in [-0.05, 0) is 18.2 Å². The molecule has 7 nitrogen and oxygen atoms in total. The molecule has 1 aromatic carbocycles. The molecule has 2 aromatic rings.